The second-order valence-electron chi connectivity index (χ2n) is 2.29. The van der Waals surface area contributed by atoms with Crippen molar-refractivity contribution in [1.82, 2.24) is 4.98 Å². The van der Waals surface area contributed by atoms with Crippen LogP contribution in [0.3, 0.4) is 0 Å². The van der Waals surface area contributed by atoms with Crippen molar-refractivity contribution in [2.45, 2.75) is 13.0 Å². The highest BCUT2D eigenvalue weighted by molar-refractivity contribution is 9.10. The molecule has 1 heterocycles. The Morgan fingerprint density at radius 3 is 2.69 bits per heavy atom. The van der Waals surface area contributed by atoms with Crippen molar-refractivity contribution in [3.05, 3.63) is 26.9 Å². The molecule has 0 amide bonds. The number of nitrogens with two attached hydrogens (primary N) is 1. The third-order valence-electron chi connectivity index (χ3n) is 1.42. The number of nitrogens with zero attached hydrogens (tertiary/aromatic N) is 1. The highest BCUT2D eigenvalue weighted by Crippen LogP contribution is 2.29. The average molecular weight is 271 g/mol. The fraction of sp³-hybridized carbons (Fsp3) is 0.286. The van der Waals surface area contributed by atoms with Gasteiger partial charge in [0.2, 0.25) is 0 Å². The SMILES string of the molecule is NCc1nc(C(F)F)cc(Cl)c1Br. The maximum absolute atomic E-state index is 12.2. The molecule has 0 spiro atoms. The Balaban J connectivity index is 3.22. The van der Waals surface area contributed by atoms with Crippen molar-refractivity contribution < 1.29 is 8.78 Å². The van der Waals surface area contributed by atoms with E-state index >= 15 is 0 Å². The van der Waals surface area contributed by atoms with Crippen LogP contribution in [0, 0.1) is 0 Å². The van der Waals surface area contributed by atoms with Crippen molar-refractivity contribution in [1.29, 1.82) is 0 Å². The number of halogens is 4. The third kappa shape index (κ3) is 2.36. The van der Waals surface area contributed by atoms with Crippen LogP contribution in [0.1, 0.15) is 17.8 Å². The van der Waals surface area contributed by atoms with E-state index in [9.17, 15) is 8.78 Å². The van der Waals surface area contributed by atoms with Crippen LogP contribution in [0.2, 0.25) is 5.02 Å². The lowest BCUT2D eigenvalue weighted by Crippen LogP contribution is -2.04. The van der Waals surface area contributed by atoms with Crippen molar-refractivity contribution in [2.75, 3.05) is 0 Å². The molecule has 6 heteroatoms. The van der Waals surface area contributed by atoms with E-state index in [1.807, 2.05) is 0 Å². The summed E-state index contributed by atoms with van der Waals surface area (Å²) >= 11 is 8.77. The summed E-state index contributed by atoms with van der Waals surface area (Å²) in [5.41, 5.74) is 5.28. The zero-order valence-electron chi connectivity index (χ0n) is 6.40. The molecule has 1 aromatic rings. The molecule has 72 valence electrons. The van der Waals surface area contributed by atoms with E-state index in [2.05, 4.69) is 20.9 Å². The number of pyridine rings is 1. The average Bonchev–Trinajstić information content (AvgIpc) is 2.09. The molecule has 1 aromatic heterocycles. The van der Waals surface area contributed by atoms with Crippen LogP contribution in [-0.2, 0) is 6.54 Å². The molecule has 0 bridgehead atoms. The summed E-state index contributed by atoms with van der Waals surface area (Å²) in [4.78, 5) is 3.64. The number of alkyl halides is 2. The number of hydrogen-bond acceptors (Lipinski definition) is 2. The zero-order valence-corrected chi connectivity index (χ0v) is 8.74. The van der Waals surface area contributed by atoms with Crippen LogP contribution in [0.25, 0.3) is 0 Å². The monoisotopic (exact) mass is 270 g/mol. The molecule has 0 saturated heterocycles. The van der Waals surface area contributed by atoms with Crippen LogP contribution < -0.4 is 5.73 Å². The summed E-state index contributed by atoms with van der Waals surface area (Å²) < 4.78 is 24.9. The van der Waals surface area contributed by atoms with Crippen LogP contribution in [-0.4, -0.2) is 4.98 Å². The Morgan fingerprint density at radius 2 is 2.23 bits per heavy atom. The second kappa shape index (κ2) is 4.30. The minimum absolute atomic E-state index is 0.0703. The topological polar surface area (TPSA) is 38.9 Å². The smallest absolute Gasteiger partial charge is 0.280 e. The highest BCUT2D eigenvalue weighted by Gasteiger charge is 2.14. The molecule has 0 atom stereocenters. The van der Waals surface area contributed by atoms with Gasteiger partial charge in [-0.3, -0.25) is 0 Å². The zero-order chi connectivity index (χ0) is 10.0. The van der Waals surface area contributed by atoms with Crippen molar-refractivity contribution in [3.8, 4) is 0 Å². The predicted octanol–water partition coefficient (Wildman–Crippen LogP) is 2.89. The summed E-state index contributed by atoms with van der Waals surface area (Å²) in [6.45, 7) is 0.0703. The minimum atomic E-state index is -2.63. The maximum atomic E-state index is 12.2. The molecule has 1 rings (SSSR count). The normalized spacial score (nSPS) is 10.9. The first-order valence-electron chi connectivity index (χ1n) is 3.39. The Labute approximate surface area is 87.2 Å². The molecule has 0 saturated carbocycles. The van der Waals surface area contributed by atoms with E-state index in [4.69, 9.17) is 17.3 Å². The van der Waals surface area contributed by atoms with Gasteiger partial charge in [-0.15, -0.1) is 0 Å². The molecule has 0 radical (unpaired) electrons. The number of hydrogen-bond donors (Lipinski definition) is 1. The van der Waals surface area contributed by atoms with E-state index in [0.717, 1.165) is 6.07 Å². The molecule has 0 fully saturated rings. The van der Waals surface area contributed by atoms with E-state index in [-0.39, 0.29) is 17.3 Å². The van der Waals surface area contributed by atoms with Crippen molar-refractivity contribution >= 4 is 27.5 Å². The Bertz CT molecular complexity index is 320. The fourth-order valence-corrected chi connectivity index (χ4v) is 1.40. The van der Waals surface area contributed by atoms with Gasteiger partial charge in [-0.05, 0) is 22.0 Å². The van der Waals surface area contributed by atoms with Gasteiger partial charge in [-0.2, -0.15) is 0 Å². The van der Waals surface area contributed by atoms with E-state index in [0.29, 0.717) is 10.2 Å². The molecule has 0 unspecified atom stereocenters. The molecule has 0 aliphatic rings. The summed E-state index contributed by atoms with van der Waals surface area (Å²) in [6, 6.07) is 1.12. The first-order chi connectivity index (χ1) is 6.06. The van der Waals surface area contributed by atoms with Gasteiger partial charge in [-0.25, -0.2) is 13.8 Å². The van der Waals surface area contributed by atoms with Crippen LogP contribution in [0.15, 0.2) is 10.5 Å². The Hall–Kier alpha value is -0.260. The van der Waals surface area contributed by atoms with Crippen molar-refractivity contribution in [3.63, 3.8) is 0 Å². The van der Waals surface area contributed by atoms with Gasteiger partial charge in [0.05, 0.1) is 15.2 Å². The minimum Gasteiger partial charge on any atom is -0.325 e. The maximum Gasteiger partial charge on any atom is 0.280 e. The lowest BCUT2D eigenvalue weighted by Gasteiger charge is -2.06. The Kier molecular flexibility index (Phi) is 3.58. The first kappa shape index (κ1) is 10.8. The van der Waals surface area contributed by atoms with E-state index in [1.54, 1.807) is 0 Å². The number of aromatic nitrogens is 1. The first-order valence-corrected chi connectivity index (χ1v) is 4.56. The fourth-order valence-electron chi connectivity index (χ4n) is 0.815. The van der Waals surface area contributed by atoms with E-state index in [1.165, 1.54) is 0 Å². The molecule has 0 aromatic carbocycles. The van der Waals surface area contributed by atoms with Crippen LogP contribution >= 0.6 is 27.5 Å². The highest BCUT2D eigenvalue weighted by atomic mass is 79.9. The standard InChI is InChI=1S/C7H6BrClF2N2/c8-6-3(9)1-4(7(10)11)13-5(6)2-12/h1,7H,2,12H2. The summed E-state index contributed by atoms with van der Waals surface area (Å²) in [6.07, 6.45) is -2.63. The summed E-state index contributed by atoms with van der Waals surface area (Å²) in [7, 11) is 0. The van der Waals surface area contributed by atoms with Crippen molar-refractivity contribution in [2.24, 2.45) is 5.73 Å². The molecular weight excluding hydrogens is 265 g/mol. The van der Waals surface area contributed by atoms with Gasteiger partial charge in [0.1, 0.15) is 5.69 Å². The quantitative estimate of drug-likeness (QED) is 0.898. The van der Waals surface area contributed by atoms with Crippen LogP contribution in [0.4, 0.5) is 8.78 Å². The summed E-state index contributed by atoms with van der Waals surface area (Å²) in [5, 5.41) is 0.200. The van der Waals surface area contributed by atoms with Gasteiger partial charge in [0, 0.05) is 6.54 Å². The molecule has 0 aliphatic heterocycles. The lowest BCUT2D eigenvalue weighted by atomic mass is 10.3. The lowest BCUT2D eigenvalue weighted by molar-refractivity contribution is 0.146. The number of rotatable bonds is 2. The molecule has 0 aliphatic carbocycles. The van der Waals surface area contributed by atoms with Gasteiger partial charge in [0.25, 0.3) is 6.43 Å². The van der Waals surface area contributed by atoms with Gasteiger partial charge in [0.15, 0.2) is 0 Å². The summed E-state index contributed by atoms with van der Waals surface area (Å²) in [5.74, 6) is 0. The third-order valence-corrected chi connectivity index (χ3v) is 2.83. The van der Waals surface area contributed by atoms with Crippen LogP contribution in [0.5, 0.6) is 0 Å². The van der Waals surface area contributed by atoms with E-state index < -0.39 is 6.43 Å². The molecule has 2 nitrogen and oxygen atoms in total. The molecule has 2 N–H and O–H groups in total. The predicted molar refractivity (Wildman–Crippen MR) is 49.8 cm³/mol. The van der Waals surface area contributed by atoms with Gasteiger partial charge in [-0.1, -0.05) is 11.6 Å². The largest absolute Gasteiger partial charge is 0.325 e. The second-order valence-corrected chi connectivity index (χ2v) is 3.49. The molecular formula is C7H6BrClF2N2. The Morgan fingerprint density at radius 1 is 1.62 bits per heavy atom. The molecule has 13 heavy (non-hydrogen) atoms. The van der Waals surface area contributed by atoms with Gasteiger partial charge >= 0.3 is 0 Å². The van der Waals surface area contributed by atoms with Gasteiger partial charge < -0.3 is 5.73 Å².